The Morgan fingerprint density at radius 3 is 2.76 bits per heavy atom. The molecule has 0 saturated heterocycles. The predicted octanol–water partition coefficient (Wildman–Crippen LogP) is 2.65. The van der Waals surface area contributed by atoms with Gasteiger partial charge in [0.15, 0.2) is 0 Å². The van der Waals surface area contributed by atoms with Crippen molar-refractivity contribution in [3.63, 3.8) is 0 Å². The number of aliphatic hydroxyl groups is 1. The number of benzene rings is 1. The van der Waals surface area contributed by atoms with Gasteiger partial charge in [0, 0.05) is 5.69 Å². The van der Waals surface area contributed by atoms with E-state index >= 15 is 0 Å². The Balaban J connectivity index is 2.26. The van der Waals surface area contributed by atoms with Crippen molar-refractivity contribution >= 4 is 11.6 Å². The summed E-state index contributed by atoms with van der Waals surface area (Å²) in [5.74, 6) is -0.215. The Morgan fingerprint density at radius 1 is 1.33 bits per heavy atom. The normalized spacial score (nSPS) is 12.0. The number of aromatic nitrogens is 2. The number of rotatable bonds is 4. The van der Waals surface area contributed by atoms with Crippen molar-refractivity contribution in [2.24, 2.45) is 0 Å². The Hall–Kier alpha value is -2.27. The monoisotopic (exact) mass is 285 g/mol. The van der Waals surface area contributed by atoms with Gasteiger partial charge < -0.3 is 10.4 Å². The second kappa shape index (κ2) is 6.45. The second-order valence-corrected chi connectivity index (χ2v) is 4.96. The van der Waals surface area contributed by atoms with Gasteiger partial charge in [-0.2, -0.15) is 10.2 Å². The Labute approximate surface area is 124 Å². The van der Waals surface area contributed by atoms with Gasteiger partial charge in [-0.3, -0.25) is 4.79 Å². The minimum absolute atomic E-state index is 0.215. The van der Waals surface area contributed by atoms with E-state index in [-0.39, 0.29) is 5.91 Å². The molecular weight excluding hydrogens is 266 g/mol. The minimum atomic E-state index is -0.571. The molecule has 0 aliphatic carbocycles. The average Bonchev–Trinajstić information content (AvgIpc) is 2.47. The SMILES string of the molecule is CCc1nnc(C)cc1C(=O)Nc1cccc(C(C)O)c1. The molecule has 2 rings (SSSR count). The van der Waals surface area contributed by atoms with Crippen LogP contribution >= 0.6 is 0 Å². The first-order valence-corrected chi connectivity index (χ1v) is 6.93. The molecule has 110 valence electrons. The van der Waals surface area contributed by atoms with Crippen LogP contribution in [0.2, 0.25) is 0 Å². The summed E-state index contributed by atoms with van der Waals surface area (Å²) in [4.78, 5) is 12.4. The number of carbonyl (C=O) groups is 1. The van der Waals surface area contributed by atoms with Gasteiger partial charge in [0.2, 0.25) is 0 Å². The quantitative estimate of drug-likeness (QED) is 0.905. The van der Waals surface area contributed by atoms with Crippen molar-refractivity contribution < 1.29 is 9.90 Å². The van der Waals surface area contributed by atoms with Crippen LogP contribution in [0.1, 0.15) is 47.3 Å². The molecule has 0 radical (unpaired) electrons. The molecule has 5 nitrogen and oxygen atoms in total. The molecule has 1 aromatic carbocycles. The number of aliphatic hydroxyl groups excluding tert-OH is 1. The number of amides is 1. The molecule has 0 aliphatic heterocycles. The molecule has 0 aliphatic rings. The zero-order chi connectivity index (χ0) is 15.4. The van der Waals surface area contributed by atoms with Crippen molar-refractivity contribution in [1.82, 2.24) is 10.2 Å². The van der Waals surface area contributed by atoms with Gasteiger partial charge in [-0.1, -0.05) is 19.1 Å². The van der Waals surface area contributed by atoms with Crippen LogP contribution in [0.4, 0.5) is 5.69 Å². The van der Waals surface area contributed by atoms with Crippen LogP contribution in [0.15, 0.2) is 30.3 Å². The van der Waals surface area contributed by atoms with E-state index < -0.39 is 6.10 Å². The van der Waals surface area contributed by atoms with Gasteiger partial charge in [-0.05, 0) is 44.0 Å². The topological polar surface area (TPSA) is 75.1 Å². The zero-order valence-corrected chi connectivity index (χ0v) is 12.4. The van der Waals surface area contributed by atoms with Crippen molar-refractivity contribution in [2.75, 3.05) is 5.32 Å². The molecule has 1 heterocycles. The molecule has 1 amide bonds. The summed E-state index contributed by atoms with van der Waals surface area (Å²) < 4.78 is 0. The highest BCUT2D eigenvalue weighted by atomic mass is 16.3. The lowest BCUT2D eigenvalue weighted by atomic mass is 10.1. The molecule has 2 aromatic rings. The summed E-state index contributed by atoms with van der Waals surface area (Å²) in [7, 11) is 0. The molecule has 0 bridgehead atoms. The lowest BCUT2D eigenvalue weighted by molar-refractivity contribution is 0.102. The third kappa shape index (κ3) is 3.64. The second-order valence-electron chi connectivity index (χ2n) is 4.96. The molecule has 21 heavy (non-hydrogen) atoms. The summed E-state index contributed by atoms with van der Waals surface area (Å²) in [5, 5.41) is 20.5. The van der Waals surface area contributed by atoms with Crippen LogP contribution in [0.25, 0.3) is 0 Å². The summed E-state index contributed by atoms with van der Waals surface area (Å²) in [6, 6.07) is 8.90. The minimum Gasteiger partial charge on any atom is -0.389 e. The first-order valence-electron chi connectivity index (χ1n) is 6.93. The van der Waals surface area contributed by atoms with E-state index in [2.05, 4.69) is 15.5 Å². The van der Waals surface area contributed by atoms with Gasteiger partial charge in [0.1, 0.15) is 0 Å². The molecular formula is C16H19N3O2. The van der Waals surface area contributed by atoms with Gasteiger partial charge in [0.05, 0.1) is 23.1 Å². The van der Waals surface area contributed by atoms with Crippen molar-refractivity contribution in [1.29, 1.82) is 0 Å². The largest absolute Gasteiger partial charge is 0.389 e. The standard InChI is InChI=1S/C16H19N3O2/c1-4-15-14(8-10(2)18-19-15)16(21)17-13-7-5-6-12(9-13)11(3)20/h5-9,11,20H,4H2,1-3H3,(H,17,21). The molecule has 1 unspecified atom stereocenters. The van der Waals surface area contributed by atoms with E-state index in [1.807, 2.05) is 13.0 Å². The lowest BCUT2D eigenvalue weighted by Gasteiger charge is -2.11. The Morgan fingerprint density at radius 2 is 2.10 bits per heavy atom. The van der Waals surface area contributed by atoms with Crippen molar-refractivity contribution in [2.45, 2.75) is 33.3 Å². The molecule has 0 fully saturated rings. The van der Waals surface area contributed by atoms with Gasteiger partial charge in [0.25, 0.3) is 5.91 Å². The maximum absolute atomic E-state index is 12.4. The first-order chi connectivity index (χ1) is 10.0. The fourth-order valence-corrected chi connectivity index (χ4v) is 2.05. The maximum Gasteiger partial charge on any atom is 0.257 e. The molecule has 1 atom stereocenters. The van der Waals surface area contributed by atoms with Crippen LogP contribution in [-0.4, -0.2) is 21.2 Å². The van der Waals surface area contributed by atoms with E-state index in [0.717, 1.165) is 5.56 Å². The van der Waals surface area contributed by atoms with E-state index in [0.29, 0.717) is 29.1 Å². The van der Waals surface area contributed by atoms with Crippen LogP contribution < -0.4 is 5.32 Å². The molecule has 0 spiro atoms. The predicted molar refractivity (Wildman–Crippen MR) is 81.2 cm³/mol. The number of aryl methyl sites for hydroxylation is 2. The summed E-state index contributed by atoms with van der Waals surface area (Å²) >= 11 is 0. The number of hydrogen-bond acceptors (Lipinski definition) is 4. The van der Waals surface area contributed by atoms with E-state index in [9.17, 15) is 9.90 Å². The highest BCUT2D eigenvalue weighted by molar-refractivity contribution is 6.05. The van der Waals surface area contributed by atoms with Gasteiger partial charge in [-0.15, -0.1) is 0 Å². The number of nitrogens with one attached hydrogen (secondary N) is 1. The highest BCUT2D eigenvalue weighted by Gasteiger charge is 2.13. The van der Waals surface area contributed by atoms with Crippen molar-refractivity contribution in [3.8, 4) is 0 Å². The van der Waals surface area contributed by atoms with Crippen LogP contribution in [-0.2, 0) is 6.42 Å². The Bertz CT molecular complexity index is 654. The van der Waals surface area contributed by atoms with Crippen LogP contribution in [0.3, 0.4) is 0 Å². The summed E-state index contributed by atoms with van der Waals surface area (Å²) in [6.07, 6.45) is 0.0712. The Kier molecular flexibility index (Phi) is 4.65. The lowest BCUT2D eigenvalue weighted by Crippen LogP contribution is -2.16. The highest BCUT2D eigenvalue weighted by Crippen LogP contribution is 2.18. The average molecular weight is 285 g/mol. The van der Waals surface area contributed by atoms with Gasteiger partial charge in [-0.25, -0.2) is 0 Å². The third-order valence-corrected chi connectivity index (χ3v) is 3.20. The van der Waals surface area contributed by atoms with E-state index in [1.165, 1.54) is 0 Å². The molecule has 0 saturated carbocycles. The fourth-order valence-electron chi connectivity index (χ4n) is 2.05. The number of carbonyl (C=O) groups excluding carboxylic acids is 1. The molecule has 1 aromatic heterocycles. The third-order valence-electron chi connectivity index (χ3n) is 3.20. The number of anilines is 1. The van der Waals surface area contributed by atoms with Crippen LogP contribution in [0.5, 0.6) is 0 Å². The van der Waals surface area contributed by atoms with Crippen molar-refractivity contribution in [3.05, 3.63) is 52.8 Å². The fraction of sp³-hybridized carbons (Fsp3) is 0.312. The van der Waals surface area contributed by atoms with Crippen LogP contribution in [0, 0.1) is 6.92 Å². The van der Waals surface area contributed by atoms with Gasteiger partial charge >= 0.3 is 0 Å². The summed E-state index contributed by atoms with van der Waals surface area (Å²) in [6.45, 7) is 5.42. The smallest absolute Gasteiger partial charge is 0.257 e. The first kappa shape index (κ1) is 15.1. The number of nitrogens with zero attached hydrogens (tertiary/aromatic N) is 2. The summed E-state index contributed by atoms with van der Waals surface area (Å²) in [5.41, 5.74) is 3.31. The van der Waals surface area contributed by atoms with E-state index in [4.69, 9.17) is 0 Å². The zero-order valence-electron chi connectivity index (χ0n) is 12.4. The van der Waals surface area contributed by atoms with E-state index in [1.54, 1.807) is 38.1 Å². The molecule has 2 N–H and O–H groups in total. The maximum atomic E-state index is 12.4. The molecule has 5 heteroatoms. The number of hydrogen-bond donors (Lipinski definition) is 2.